The number of carbonyl (C=O) groups is 2. The van der Waals surface area contributed by atoms with Gasteiger partial charge in [0, 0.05) is 10.8 Å². The van der Waals surface area contributed by atoms with E-state index in [4.69, 9.17) is 0 Å². The van der Waals surface area contributed by atoms with Crippen LogP contribution in [0.4, 0.5) is 0 Å². The van der Waals surface area contributed by atoms with E-state index in [1.54, 1.807) is 0 Å². The first-order chi connectivity index (χ1) is 8.39. The van der Waals surface area contributed by atoms with Gasteiger partial charge in [-0.3, -0.25) is 9.59 Å². The van der Waals surface area contributed by atoms with E-state index in [-0.39, 0.29) is 17.7 Å². The summed E-state index contributed by atoms with van der Waals surface area (Å²) < 4.78 is 0. The van der Waals surface area contributed by atoms with Gasteiger partial charge in [-0.25, -0.2) is 0 Å². The standard InChI is InChI=1S/C16H31NO2/c1-9-11(2)10-12(13(18)15(3,4)5)17-14(19)16(6,7)8/h11-12H,9-10H2,1-8H3,(H,17,19)/t11?,12-/m0/s1. The third-order valence-electron chi connectivity index (χ3n) is 3.38. The molecule has 0 aromatic carbocycles. The van der Waals surface area contributed by atoms with Gasteiger partial charge in [0.2, 0.25) is 5.91 Å². The molecule has 0 saturated carbocycles. The van der Waals surface area contributed by atoms with Gasteiger partial charge in [0.25, 0.3) is 0 Å². The van der Waals surface area contributed by atoms with Crippen LogP contribution in [-0.2, 0) is 9.59 Å². The van der Waals surface area contributed by atoms with Crippen molar-refractivity contribution in [3.63, 3.8) is 0 Å². The van der Waals surface area contributed by atoms with Gasteiger partial charge in [0.1, 0.15) is 0 Å². The Kier molecular flexibility index (Phi) is 6.24. The zero-order valence-electron chi connectivity index (χ0n) is 13.9. The monoisotopic (exact) mass is 269 g/mol. The van der Waals surface area contributed by atoms with Gasteiger partial charge in [0.05, 0.1) is 6.04 Å². The van der Waals surface area contributed by atoms with Crippen LogP contribution in [0.3, 0.4) is 0 Å². The largest absolute Gasteiger partial charge is 0.346 e. The van der Waals surface area contributed by atoms with E-state index in [0.29, 0.717) is 12.3 Å². The maximum absolute atomic E-state index is 12.5. The molecule has 0 fully saturated rings. The molecule has 0 radical (unpaired) electrons. The average molecular weight is 269 g/mol. The van der Waals surface area contributed by atoms with E-state index < -0.39 is 10.8 Å². The van der Waals surface area contributed by atoms with Crippen LogP contribution >= 0.6 is 0 Å². The quantitative estimate of drug-likeness (QED) is 0.829. The first kappa shape index (κ1) is 18.1. The SMILES string of the molecule is CCC(C)C[C@H](NC(=O)C(C)(C)C)C(=O)C(C)(C)C. The van der Waals surface area contributed by atoms with Gasteiger partial charge < -0.3 is 5.32 Å². The van der Waals surface area contributed by atoms with Gasteiger partial charge in [-0.15, -0.1) is 0 Å². The second kappa shape index (κ2) is 6.53. The highest BCUT2D eigenvalue weighted by Crippen LogP contribution is 2.23. The van der Waals surface area contributed by atoms with Crippen molar-refractivity contribution < 1.29 is 9.59 Å². The number of hydrogen-bond donors (Lipinski definition) is 1. The average Bonchev–Trinajstić information content (AvgIpc) is 2.24. The van der Waals surface area contributed by atoms with Crippen LogP contribution in [0, 0.1) is 16.7 Å². The van der Waals surface area contributed by atoms with Crippen molar-refractivity contribution in [2.75, 3.05) is 0 Å². The molecule has 0 spiro atoms. The first-order valence-corrected chi connectivity index (χ1v) is 7.24. The molecular weight excluding hydrogens is 238 g/mol. The molecule has 19 heavy (non-hydrogen) atoms. The van der Waals surface area contributed by atoms with Crippen molar-refractivity contribution in [3.05, 3.63) is 0 Å². The fourth-order valence-electron chi connectivity index (χ4n) is 1.70. The molecule has 0 bridgehead atoms. The number of carbonyl (C=O) groups excluding carboxylic acids is 2. The minimum absolute atomic E-state index is 0.0570. The van der Waals surface area contributed by atoms with Crippen LogP contribution in [0.1, 0.15) is 68.2 Å². The summed E-state index contributed by atoms with van der Waals surface area (Å²) in [5.74, 6) is 0.486. The molecule has 3 nitrogen and oxygen atoms in total. The van der Waals surface area contributed by atoms with Crippen LogP contribution in [0.25, 0.3) is 0 Å². The molecule has 1 unspecified atom stereocenters. The van der Waals surface area contributed by atoms with Crippen LogP contribution in [0.2, 0.25) is 0 Å². The van der Waals surface area contributed by atoms with Gasteiger partial charge in [-0.2, -0.15) is 0 Å². The van der Waals surface area contributed by atoms with Crippen molar-refractivity contribution in [1.82, 2.24) is 5.32 Å². The first-order valence-electron chi connectivity index (χ1n) is 7.24. The fraction of sp³-hybridized carbons (Fsp3) is 0.875. The van der Waals surface area contributed by atoms with Crippen molar-refractivity contribution in [1.29, 1.82) is 0 Å². The molecule has 0 aromatic heterocycles. The van der Waals surface area contributed by atoms with Crippen molar-refractivity contribution in [3.8, 4) is 0 Å². The summed E-state index contributed by atoms with van der Waals surface area (Å²) in [5.41, 5.74) is -0.894. The lowest BCUT2D eigenvalue weighted by Gasteiger charge is -2.29. The number of Topliss-reactive ketones (excluding diaryl/α,β-unsaturated/α-hetero) is 1. The van der Waals surface area contributed by atoms with Gasteiger partial charge in [-0.1, -0.05) is 61.8 Å². The highest BCUT2D eigenvalue weighted by atomic mass is 16.2. The summed E-state index contributed by atoms with van der Waals surface area (Å²) in [4.78, 5) is 24.6. The predicted molar refractivity (Wildman–Crippen MR) is 79.9 cm³/mol. The molecule has 0 saturated heterocycles. The smallest absolute Gasteiger partial charge is 0.225 e. The molecule has 112 valence electrons. The van der Waals surface area contributed by atoms with E-state index in [2.05, 4.69) is 19.2 Å². The fourth-order valence-corrected chi connectivity index (χ4v) is 1.70. The van der Waals surface area contributed by atoms with Crippen LogP contribution < -0.4 is 5.32 Å². The molecule has 2 atom stereocenters. The molecule has 0 rings (SSSR count). The Morgan fingerprint density at radius 1 is 1.00 bits per heavy atom. The summed E-state index contributed by atoms with van der Waals surface area (Å²) in [6.07, 6.45) is 1.73. The van der Waals surface area contributed by atoms with Crippen molar-refractivity contribution >= 4 is 11.7 Å². The lowest BCUT2D eigenvalue weighted by molar-refractivity contribution is -0.136. The van der Waals surface area contributed by atoms with E-state index in [9.17, 15) is 9.59 Å². The Bertz CT molecular complexity index is 321. The lowest BCUT2D eigenvalue weighted by atomic mass is 9.82. The van der Waals surface area contributed by atoms with E-state index in [0.717, 1.165) is 6.42 Å². The van der Waals surface area contributed by atoms with Gasteiger partial charge >= 0.3 is 0 Å². The number of nitrogens with one attached hydrogen (secondary N) is 1. The van der Waals surface area contributed by atoms with Crippen LogP contribution in [-0.4, -0.2) is 17.7 Å². The zero-order chi connectivity index (χ0) is 15.4. The minimum Gasteiger partial charge on any atom is -0.346 e. The summed E-state index contributed by atoms with van der Waals surface area (Å²) >= 11 is 0. The zero-order valence-corrected chi connectivity index (χ0v) is 13.9. The van der Waals surface area contributed by atoms with E-state index in [1.165, 1.54) is 0 Å². The van der Waals surface area contributed by atoms with Gasteiger partial charge in [0.15, 0.2) is 5.78 Å². The number of hydrogen-bond acceptors (Lipinski definition) is 2. The Morgan fingerprint density at radius 2 is 1.47 bits per heavy atom. The molecule has 0 aliphatic heterocycles. The molecule has 3 heteroatoms. The second-order valence-corrected chi connectivity index (χ2v) is 7.64. The third kappa shape index (κ3) is 6.22. The van der Waals surface area contributed by atoms with Crippen molar-refractivity contribution in [2.45, 2.75) is 74.3 Å². The Hall–Kier alpha value is -0.860. The topological polar surface area (TPSA) is 46.2 Å². The highest BCUT2D eigenvalue weighted by molar-refractivity contribution is 5.93. The molecule has 1 amide bonds. The van der Waals surface area contributed by atoms with Crippen LogP contribution in [0.15, 0.2) is 0 Å². The maximum atomic E-state index is 12.5. The third-order valence-corrected chi connectivity index (χ3v) is 3.38. The molecular formula is C16H31NO2. The summed E-state index contributed by atoms with van der Waals surface area (Å²) in [6.45, 7) is 15.5. The number of rotatable bonds is 5. The maximum Gasteiger partial charge on any atom is 0.225 e. The van der Waals surface area contributed by atoms with E-state index in [1.807, 2.05) is 41.5 Å². The molecule has 1 N–H and O–H groups in total. The Labute approximate surface area is 118 Å². The normalized spacial score (nSPS) is 15.8. The predicted octanol–water partition coefficient (Wildman–Crippen LogP) is 3.57. The minimum atomic E-state index is -0.466. The summed E-state index contributed by atoms with van der Waals surface area (Å²) in [7, 11) is 0. The van der Waals surface area contributed by atoms with Crippen LogP contribution in [0.5, 0.6) is 0 Å². The van der Waals surface area contributed by atoms with Gasteiger partial charge in [-0.05, 0) is 12.3 Å². The van der Waals surface area contributed by atoms with E-state index >= 15 is 0 Å². The molecule has 0 aromatic rings. The Morgan fingerprint density at radius 3 is 1.79 bits per heavy atom. The van der Waals surface area contributed by atoms with Crippen molar-refractivity contribution in [2.24, 2.45) is 16.7 Å². The molecule has 0 aliphatic rings. The lowest BCUT2D eigenvalue weighted by Crippen LogP contribution is -2.49. The molecule has 0 aliphatic carbocycles. The second-order valence-electron chi connectivity index (χ2n) is 7.64. The Balaban J connectivity index is 4.98. The highest BCUT2D eigenvalue weighted by Gasteiger charge is 2.33. The number of ketones is 1. The number of amides is 1. The molecule has 0 heterocycles. The summed E-state index contributed by atoms with van der Waals surface area (Å²) in [5, 5.41) is 2.94. The summed E-state index contributed by atoms with van der Waals surface area (Å²) in [6, 6.07) is -0.373.